The van der Waals surface area contributed by atoms with E-state index in [9.17, 15) is 23.3 Å². The number of hydrogen-bond donors (Lipinski definition) is 0. The summed E-state index contributed by atoms with van der Waals surface area (Å²) in [5, 5.41) is 10.8. The second-order valence-corrected chi connectivity index (χ2v) is 8.24. The van der Waals surface area contributed by atoms with Crippen molar-refractivity contribution in [2.45, 2.75) is 18.2 Å². The second kappa shape index (κ2) is 6.14. The van der Waals surface area contributed by atoms with E-state index in [0.29, 0.717) is 19.0 Å². The maximum atomic E-state index is 12.6. The highest BCUT2D eigenvalue weighted by atomic mass is 32.2. The molecule has 8 nitrogen and oxygen atoms in total. The van der Waals surface area contributed by atoms with Crippen molar-refractivity contribution >= 4 is 21.6 Å². The number of sulfonamides is 1. The number of nitrogens with zero attached hydrogens (tertiary/aromatic N) is 3. The summed E-state index contributed by atoms with van der Waals surface area (Å²) in [5.41, 5.74) is -0.257. The Labute approximate surface area is 140 Å². The Morgan fingerprint density at radius 3 is 2.42 bits per heavy atom. The van der Waals surface area contributed by atoms with Gasteiger partial charge in [-0.15, -0.1) is 0 Å². The van der Waals surface area contributed by atoms with Crippen LogP contribution < -0.4 is 0 Å². The van der Waals surface area contributed by atoms with Gasteiger partial charge in [-0.2, -0.15) is 4.31 Å². The Morgan fingerprint density at radius 1 is 1.25 bits per heavy atom. The first-order valence-corrected chi connectivity index (χ1v) is 9.28. The van der Waals surface area contributed by atoms with Crippen LogP contribution in [-0.4, -0.2) is 54.6 Å². The highest BCUT2D eigenvalue weighted by molar-refractivity contribution is 7.89. The SMILES string of the molecule is C[C@H]1C[C@@H]1C(=O)N1CCN(S(=O)(=O)c2cccc([N+](=O)[O-])c2)CC1. The van der Waals surface area contributed by atoms with Crippen LogP contribution >= 0.6 is 0 Å². The fourth-order valence-corrected chi connectivity index (χ4v) is 4.42. The highest BCUT2D eigenvalue weighted by Crippen LogP contribution is 2.39. The third-order valence-electron chi connectivity index (χ3n) is 4.64. The van der Waals surface area contributed by atoms with E-state index in [1.165, 1.54) is 22.5 Å². The van der Waals surface area contributed by atoms with Crippen molar-refractivity contribution in [1.29, 1.82) is 0 Å². The lowest BCUT2D eigenvalue weighted by Crippen LogP contribution is -2.51. The minimum Gasteiger partial charge on any atom is -0.340 e. The minimum absolute atomic E-state index is 0.0879. The Balaban J connectivity index is 1.70. The molecule has 1 amide bonds. The molecule has 3 rings (SSSR count). The first kappa shape index (κ1) is 16.8. The normalized spacial score (nSPS) is 24.6. The zero-order valence-electron chi connectivity index (χ0n) is 13.3. The third-order valence-corrected chi connectivity index (χ3v) is 6.54. The molecular formula is C15H19N3O5S. The first-order chi connectivity index (χ1) is 11.3. The molecule has 1 saturated heterocycles. The second-order valence-electron chi connectivity index (χ2n) is 6.30. The summed E-state index contributed by atoms with van der Waals surface area (Å²) in [4.78, 5) is 24.0. The number of amides is 1. The smallest absolute Gasteiger partial charge is 0.270 e. The maximum absolute atomic E-state index is 12.6. The molecule has 1 heterocycles. The Morgan fingerprint density at radius 2 is 1.88 bits per heavy atom. The number of piperazine rings is 1. The molecule has 1 aromatic rings. The van der Waals surface area contributed by atoms with Crippen molar-refractivity contribution in [2.24, 2.45) is 11.8 Å². The number of nitro benzene ring substituents is 1. The van der Waals surface area contributed by atoms with Crippen molar-refractivity contribution in [1.82, 2.24) is 9.21 Å². The molecule has 1 aliphatic heterocycles. The number of carbonyl (C=O) groups excluding carboxylic acids is 1. The van der Waals surface area contributed by atoms with Gasteiger partial charge in [-0.3, -0.25) is 14.9 Å². The van der Waals surface area contributed by atoms with Gasteiger partial charge < -0.3 is 4.90 Å². The highest BCUT2D eigenvalue weighted by Gasteiger charge is 2.42. The maximum Gasteiger partial charge on any atom is 0.270 e. The molecule has 0 unspecified atom stereocenters. The van der Waals surface area contributed by atoms with Crippen LogP contribution in [0.25, 0.3) is 0 Å². The largest absolute Gasteiger partial charge is 0.340 e. The van der Waals surface area contributed by atoms with Gasteiger partial charge in [-0.1, -0.05) is 13.0 Å². The summed E-state index contributed by atoms with van der Waals surface area (Å²) in [6, 6.07) is 5.04. The van der Waals surface area contributed by atoms with Crippen LogP contribution in [-0.2, 0) is 14.8 Å². The summed E-state index contributed by atoms with van der Waals surface area (Å²) in [6.45, 7) is 3.16. The molecule has 1 aliphatic carbocycles. The zero-order chi connectivity index (χ0) is 17.5. The standard InChI is InChI=1S/C15H19N3O5S/c1-11-9-14(11)15(19)16-5-7-17(8-6-16)24(22,23)13-4-2-3-12(10-13)18(20)21/h2-4,10-11,14H,5-9H2,1H3/t11-,14-/m0/s1. The van der Waals surface area contributed by atoms with Crippen LogP contribution in [0.3, 0.4) is 0 Å². The van der Waals surface area contributed by atoms with E-state index in [2.05, 4.69) is 0 Å². The molecule has 0 bridgehead atoms. The van der Waals surface area contributed by atoms with E-state index in [1.807, 2.05) is 6.92 Å². The van der Waals surface area contributed by atoms with Gasteiger partial charge >= 0.3 is 0 Å². The van der Waals surface area contributed by atoms with E-state index < -0.39 is 14.9 Å². The first-order valence-electron chi connectivity index (χ1n) is 7.84. The van der Waals surface area contributed by atoms with Crippen molar-refractivity contribution in [3.05, 3.63) is 34.4 Å². The summed E-state index contributed by atoms with van der Waals surface area (Å²) >= 11 is 0. The van der Waals surface area contributed by atoms with E-state index in [-0.39, 0.29) is 35.5 Å². The van der Waals surface area contributed by atoms with Crippen LogP contribution in [0.2, 0.25) is 0 Å². The minimum atomic E-state index is -3.79. The number of carbonyl (C=O) groups is 1. The summed E-state index contributed by atoms with van der Waals surface area (Å²) in [5.74, 6) is 0.615. The van der Waals surface area contributed by atoms with E-state index in [0.717, 1.165) is 12.5 Å². The third kappa shape index (κ3) is 3.13. The molecule has 24 heavy (non-hydrogen) atoms. The molecule has 0 radical (unpaired) electrons. The Hall–Kier alpha value is -2.00. The van der Waals surface area contributed by atoms with Crippen LogP contribution in [0, 0.1) is 22.0 Å². The molecule has 0 spiro atoms. The molecule has 130 valence electrons. The average Bonchev–Trinajstić information content (AvgIpc) is 3.31. The molecule has 1 aromatic carbocycles. The molecule has 0 aromatic heterocycles. The van der Waals surface area contributed by atoms with Gasteiger partial charge in [0.1, 0.15) is 0 Å². The van der Waals surface area contributed by atoms with Crippen molar-refractivity contribution < 1.29 is 18.1 Å². The molecule has 1 saturated carbocycles. The van der Waals surface area contributed by atoms with E-state index in [1.54, 1.807) is 4.90 Å². The number of benzene rings is 1. The molecule has 2 fully saturated rings. The van der Waals surface area contributed by atoms with Crippen LogP contribution in [0.4, 0.5) is 5.69 Å². The number of rotatable bonds is 4. The summed E-state index contributed by atoms with van der Waals surface area (Å²) < 4.78 is 26.6. The van der Waals surface area contributed by atoms with E-state index >= 15 is 0 Å². The average molecular weight is 353 g/mol. The molecule has 2 aliphatic rings. The lowest BCUT2D eigenvalue weighted by Gasteiger charge is -2.34. The van der Waals surface area contributed by atoms with Gasteiger partial charge in [-0.25, -0.2) is 8.42 Å². The van der Waals surface area contributed by atoms with Gasteiger partial charge in [0.05, 0.1) is 9.82 Å². The molecule has 0 N–H and O–H groups in total. The van der Waals surface area contributed by atoms with Gasteiger partial charge in [-0.05, 0) is 18.4 Å². The quantitative estimate of drug-likeness (QED) is 0.595. The van der Waals surface area contributed by atoms with Crippen molar-refractivity contribution in [3.63, 3.8) is 0 Å². The number of non-ortho nitro benzene ring substituents is 1. The predicted octanol–water partition coefficient (Wildman–Crippen LogP) is 1.08. The lowest BCUT2D eigenvalue weighted by molar-refractivity contribution is -0.385. The number of hydrogen-bond acceptors (Lipinski definition) is 5. The Kier molecular flexibility index (Phi) is 4.31. The van der Waals surface area contributed by atoms with Crippen LogP contribution in [0.15, 0.2) is 29.2 Å². The van der Waals surface area contributed by atoms with Crippen molar-refractivity contribution in [3.8, 4) is 0 Å². The predicted molar refractivity (Wildman–Crippen MR) is 85.7 cm³/mol. The summed E-state index contributed by atoms with van der Waals surface area (Å²) in [6.07, 6.45) is 0.908. The van der Waals surface area contributed by atoms with E-state index in [4.69, 9.17) is 0 Å². The Bertz CT molecular complexity index is 771. The zero-order valence-corrected chi connectivity index (χ0v) is 14.1. The van der Waals surface area contributed by atoms with Crippen LogP contribution in [0.5, 0.6) is 0 Å². The molecular weight excluding hydrogens is 334 g/mol. The van der Waals surface area contributed by atoms with Gasteiger partial charge in [0.25, 0.3) is 5.69 Å². The molecule has 2 atom stereocenters. The fourth-order valence-electron chi connectivity index (χ4n) is 2.96. The number of nitro groups is 1. The fraction of sp³-hybridized carbons (Fsp3) is 0.533. The lowest BCUT2D eigenvalue weighted by atomic mass is 10.2. The van der Waals surface area contributed by atoms with Crippen LogP contribution in [0.1, 0.15) is 13.3 Å². The monoisotopic (exact) mass is 353 g/mol. The van der Waals surface area contributed by atoms with Gasteiger partial charge in [0.2, 0.25) is 15.9 Å². The van der Waals surface area contributed by atoms with Gasteiger partial charge in [0.15, 0.2) is 0 Å². The van der Waals surface area contributed by atoms with Gasteiger partial charge in [0, 0.05) is 44.2 Å². The van der Waals surface area contributed by atoms with Crippen molar-refractivity contribution in [2.75, 3.05) is 26.2 Å². The molecule has 9 heteroatoms. The topological polar surface area (TPSA) is 101 Å². The summed E-state index contributed by atoms with van der Waals surface area (Å²) in [7, 11) is -3.79.